The Morgan fingerprint density at radius 3 is 2.11 bits per heavy atom. The lowest BCUT2D eigenvalue weighted by molar-refractivity contribution is -0.141. The molecule has 11 heteroatoms. The van der Waals surface area contributed by atoms with Crippen LogP contribution in [0.15, 0.2) is 24.3 Å². The zero-order chi connectivity index (χ0) is 20.6. The zero-order valence-corrected chi connectivity index (χ0v) is 14.9. The van der Waals surface area contributed by atoms with Crippen LogP contribution in [-0.2, 0) is 20.9 Å². The molecule has 0 aliphatic rings. The summed E-state index contributed by atoms with van der Waals surface area (Å²) in [7, 11) is 0. The van der Waals surface area contributed by atoms with Gasteiger partial charge in [-0.1, -0.05) is 12.1 Å². The van der Waals surface area contributed by atoms with Crippen molar-refractivity contribution in [2.75, 3.05) is 5.75 Å². The maximum Gasteiger partial charge on any atom is 0.327 e. The molecule has 1 aromatic rings. The predicted molar refractivity (Wildman–Crippen MR) is 94.0 cm³/mol. The van der Waals surface area contributed by atoms with Gasteiger partial charge in [0, 0.05) is 18.7 Å². The van der Waals surface area contributed by atoms with E-state index in [9.17, 15) is 28.7 Å². The normalized spacial score (nSPS) is 12.7. The summed E-state index contributed by atoms with van der Waals surface area (Å²) in [5.74, 6) is -4.82. The fourth-order valence-electron chi connectivity index (χ4n) is 2.18. The van der Waals surface area contributed by atoms with Gasteiger partial charge in [0.25, 0.3) is 0 Å². The first-order valence-corrected chi connectivity index (χ1v) is 8.38. The number of nitrogens with one attached hydrogen (secondary N) is 1. The SMILES string of the molecule is O=C(O)CC[C@H](NC(=O)N(Cc1ccc(F)cc1)[C@@H](CS)C(=O)O)C(=O)O. The Hall–Kier alpha value is -2.82. The average molecular weight is 402 g/mol. The van der Waals surface area contributed by atoms with Gasteiger partial charge in [-0.3, -0.25) is 4.79 Å². The van der Waals surface area contributed by atoms with Crippen LogP contribution in [0.3, 0.4) is 0 Å². The Balaban J connectivity index is 3.03. The number of halogens is 1. The van der Waals surface area contributed by atoms with Crippen molar-refractivity contribution in [3.8, 4) is 0 Å². The van der Waals surface area contributed by atoms with Crippen LogP contribution in [-0.4, -0.2) is 62.0 Å². The van der Waals surface area contributed by atoms with E-state index in [1.807, 2.05) is 0 Å². The molecule has 1 aromatic carbocycles. The summed E-state index contributed by atoms with van der Waals surface area (Å²) in [5, 5.41) is 29.2. The van der Waals surface area contributed by atoms with Crippen LogP contribution >= 0.6 is 12.6 Å². The average Bonchev–Trinajstić information content (AvgIpc) is 2.59. The summed E-state index contributed by atoms with van der Waals surface area (Å²) in [6, 6.07) is 1.06. The number of nitrogens with zero attached hydrogens (tertiary/aromatic N) is 1. The second-order valence-electron chi connectivity index (χ2n) is 5.56. The second kappa shape index (κ2) is 10.4. The number of hydrogen-bond donors (Lipinski definition) is 5. The van der Waals surface area contributed by atoms with E-state index >= 15 is 0 Å². The molecule has 0 aliphatic heterocycles. The Morgan fingerprint density at radius 2 is 1.67 bits per heavy atom. The fraction of sp³-hybridized carbons (Fsp3) is 0.375. The third-order valence-corrected chi connectivity index (χ3v) is 3.95. The maximum absolute atomic E-state index is 13.0. The van der Waals surface area contributed by atoms with Crippen LogP contribution in [0.2, 0.25) is 0 Å². The molecule has 0 aromatic heterocycles. The van der Waals surface area contributed by atoms with Crippen molar-refractivity contribution in [1.82, 2.24) is 10.2 Å². The van der Waals surface area contributed by atoms with E-state index in [2.05, 4.69) is 17.9 Å². The molecule has 2 atom stereocenters. The lowest BCUT2D eigenvalue weighted by Crippen LogP contribution is -2.53. The molecule has 0 unspecified atom stereocenters. The lowest BCUT2D eigenvalue weighted by Gasteiger charge is -2.29. The zero-order valence-electron chi connectivity index (χ0n) is 14.0. The van der Waals surface area contributed by atoms with Gasteiger partial charge in [-0.25, -0.2) is 18.8 Å². The van der Waals surface area contributed by atoms with Crippen molar-refractivity contribution >= 4 is 36.6 Å². The lowest BCUT2D eigenvalue weighted by atomic mass is 10.1. The molecule has 0 heterocycles. The smallest absolute Gasteiger partial charge is 0.327 e. The minimum atomic E-state index is -1.52. The summed E-state index contributed by atoms with van der Waals surface area (Å²) in [5.41, 5.74) is 0.414. The van der Waals surface area contributed by atoms with E-state index in [1.54, 1.807) is 0 Å². The number of urea groups is 1. The molecule has 27 heavy (non-hydrogen) atoms. The van der Waals surface area contributed by atoms with Crippen LogP contribution < -0.4 is 5.32 Å². The Morgan fingerprint density at radius 1 is 1.07 bits per heavy atom. The Labute approximate surface area is 159 Å². The standard InChI is InChI=1S/C16H19FN2O7S/c17-10-3-1-9(2-4-10)7-19(12(8-27)15(24)25)16(26)18-11(14(22)23)5-6-13(20)21/h1-4,11-12,27H,5-8H2,(H,18,26)(H,20,21)(H,22,23)(H,24,25)/t11-,12-/m0/s1. The summed E-state index contributed by atoms with van der Waals surface area (Å²) in [6.45, 7) is -0.241. The highest BCUT2D eigenvalue weighted by Crippen LogP contribution is 2.13. The van der Waals surface area contributed by atoms with Gasteiger partial charge in [0.15, 0.2) is 0 Å². The van der Waals surface area contributed by atoms with Crippen LogP contribution in [0.25, 0.3) is 0 Å². The van der Waals surface area contributed by atoms with Gasteiger partial charge in [0.1, 0.15) is 17.9 Å². The molecule has 148 valence electrons. The van der Waals surface area contributed by atoms with Gasteiger partial charge in [-0.2, -0.15) is 12.6 Å². The molecule has 0 spiro atoms. The van der Waals surface area contributed by atoms with Crippen molar-refractivity contribution in [2.24, 2.45) is 0 Å². The number of carboxylic acid groups (broad SMARTS) is 3. The first-order valence-electron chi connectivity index (χ1n) is 7.75. The van der Waals surface area contributed by atoms with Gasteiger partial charge in [-0.15, -0.1) is 0 Å². The largest absolute Gasteiger partial charge is 0.481 e. The van der Waals surface area contributed by atoms with Crippen LogP contribution in [0.5, 0.6) is 0 Å². The quantitative estimate of drug-likeness (QED) is 0.368. The molecule has 1 rings (SSSR count). The monoisotopic (exact) mass is 402 g/mol. The number of amides is 2. The Bertz CT molecular complexity index is 699. The van der Waals surface area contributed by atoms with Crippen LogP contribution in [0.4, 0.5) is 9.18 Å². The van der Waals surface area contributed by atoms with E-state index in [-0.39, 0.29) is 18.7 Å². The van der Waals surface area contributed by atoms with Gasteiger partial charge in [0.2, 0.25) is 0 Å². The van der Waals surface area contributed by atoms with Crippen molar-refractivity contribution < 1.29 is 38.9 Å². The highest BCUT2D eigenvalue weighted by atomic mass is 32.1. The number of rotatable bonds is 10. The summed E-state index contributed by atoms with van der Waals surface area (Å²) < 4.78 is 13.0. The molecule has 0 saturated heterocycles. The molecular formula is C16H19FN2O7S. The third-order valence-electron chi connectivity index (χ3n) is 3.60. The minimum absolute atomic E-state index is 0.241. The topological polar surface area (TPSA) is 144 Å². The molecule has 2 amide bonds. The van der Waals surface area contributed by atoms with Gasteiger partial charge >= 0.3 is 23.9 Å². The summed E-state index contributed by atoms with van der Waals surface area (Å²) in [4.78, 5) is 46.7. The van der Waals surface area contributed by atoms with Crippen LogP contribution in [0.1, 0.15) is 18.4 Å². The van der Waals surface area contributed by atoms with Gasteiger partial charge in [0.05, 0.1) is 0 Å². The summed E-state index contributed by atoms with van der Waals surface area (Å²) in [6.07, 6.45) is -0.871. The van der Waals surface area contributed by atoms with Crippen molar-refractivity contribution in [1.29, 1.82) is 0 Å². The number of thiol groups is 1. The van der Waals surface area contributed by atoms with E-state index in [0.29, 0.717) is 5.56 Å². The van der Waals surface area contributed by atoms with E-state index in [4.69, 9.17) is 10.2 Å². The first kappa shape index (κ1) is 22.2. The van der Waals surface area contributed by atoms with Crippen LogP contribution in [0, 0.1) is 5.82 Å². The number of aliphatic carboxylic acids is 3. The van der Waals surface area contributed by atoms with Crippen molar-refractivity contribution in [3.63, 3.8) is 0 Å². The van der Waals surface area contributed by atoms with Gasteiger partial charge < -0.3 is 25.5 Å². The van der Waals surface area contributed by atoms with Crippen molar-refractivity contribution in [2.45, 2.75) is 31.5 Å². The predicted octanol–water partition coefficient (Wildman–Crippen LogP) is 1.04. The number of carboxylic acids is 3. The molecule has 9 nitrogen and oxygen atoms in total. The fourth-order valence-corrected chi connectivity index (χ4v) is 2.53. The molecule has 0 radical (unpaired) electrons. The molecule has 0 aliphatic carbocycles. The number of carbonyl (C=O) groups is 4. The molecular weight excluding hydrogens is 383 g/mol. The summed E-state index contributed by atoms with van der Waals surface area (Å²) >= 11 is 3.91. The minimum Gasteiger partial charge on any atom is -0.481 e. The van der Waals surface area contributed by atoms with Crippen molar-refractivity contribution in [3.05, 3.63) is 35.6 Å². The maximum atomic E-state index is 13.0. The highest BCUT2D eigenvalue weighted by molar-refractivity contribution is 7.80. The molecule has 0 saturated carbocycles. The third kappa shape index (κ3) is 7.13. The van der Waals surface area contributed by atoms with E-state index < -0.39 is 48.3 Å². The second-order valence-corrected chi connectivity index (χ2v) is 5.93. The first-order chi connectivity index (χ1) is 12.6. The van der Waals surface area contributed by atoms with E-state index in [1.165, 1.54) is 12.1 Å². The highest BCUT2D eigenvalue weighted by Gasteiger charge is 2.31. The van der Waals surface area contributed by atoms with E-state index in [0.717, 1.165) is 17.0 Å². The molecule has 4 N–H and O–H groups in total. The molecule has 0 bridgehead atoms. The number of benzene rings is 1. The molecule has 0 fully saturated rings. The van der Waals surface area contributed by atoms with Gasteiger partial charge in [-0.05, 0) is 24.1 Å². The number of carbonyl (C=O) groups excluding carboxylic acids is 1. The number of hydrogen-bond acceptors (Lipinski definition) is 5. The Kier molecular flexibility index (Phi) is 8.52.